The molecule has 2 bridgehead atoms. The lowest BCUT2D eigenvalue weighted by Crippen LogP contribution is -2.12. The Balaban J connectivity index is 2.19. The van der Waals surface area contributed by atoms with Crippen LogP contribution in [0.5, 0.6) is 0 Å². The van der Waals surface area contributed by atoms with E-state index in [0.717, 1.165) is 5.69 Å². The smallest absolute Gasteiger partial charge is 0.0356 e. The number of nitrogens with two attached hydrogens (primary N) is 1. The number of hydrogen-bond acceptors (Lipinski definition) is 2. The molecule has 2 aliphatic heterocycles. The highest BCUT2D eigenvalue weighted by molar-refractivity contribution is 5.50. The van der Waals surface area contributed by atoms with E-state index in [9.17, 15) is 0 Å². The molecular weight excluding hydrogens is 160 g/mol. The first kappa shape index (κ1) is 7.39. The van der Waals surface area contributed by atoms with Crippen LogP contribution in [-0.4, -0.2) is 11.9 Å². The van der Waals surface area contributed by atoms with Gasteiger partial charge in [0.1, 0.15) is 0 Å². The molecule has 0 saturated carbocycles. The zero-order valence-electron chi connectivity index (χ0n) is 7.83. The van der Waals surface area contributed by atoms with E-state index in [-0.39, 0.29) is 0 Å². The predicted octanol–water partition coefficient (Wildman–Crippen LogP) is 2.09. The minimum atomic E-state index is 0.642. The van der Waals surface area contributed by atoms with Gasteiger partial charge in [0.15, 0.2) is 0 Å². The molecule has 2 aliphatic rings. The number of rotatable bonds is 0. The van der Waals surface area contributed by atoms with E-state index in [4.69, 9.17) is 5.73 Å². The van der Waals surface area contributed by atoms with Gasteiger partial charge in [-0.05, 0) is 43.1 Å². The summed E-state index contributed by atoms with van der Waals surface area (Å²) < 4.78 is 0. The Hall–Kier alpha value is -1.02. The van der Waals surface area contributed by atoms with Crippen LogP contribution in [0.15, 0.2) is 18.2 Å². The van der Waals surface area contributed by atoms with Gasteiger partial charge in [-0.3, -0.25) is 4.90 Å². The first-order valence-electron chi connectivity index (χ1n) is 4.88. The van der Waals surface area contributed by atoms with Crippen molar-refractivity contribution in [2.45, 2.75) is 24.9 Å². The van der Waals surface area contributed by atoms with E-state index in [2.05, 4.69) is 24.1 Å². The molecule has 0 aromatic heterocycles. The fraction of sp³-hybridized carbons (Fsp3) is 0.455. The number of fused-ring (bicyclic) bond motifs is 5. The molecule has 0 spiro atoms. The van der Waals surface area contributed by atoms with Gasteiger partial charge >= 0.3 is 0 Å². The molecule has 2 heterocycles. The van der Waals surface area contributed by atoms with E-state index >= 15 is 0 Å². The summed E-state index contributed by atoms with van der Waals surface area (Å²) in [6.45, 7) is 0. The average molecular weight is 174 g/mol. The van der Waals surface area contributed by atoms with Gasteiger partial charge in [-0.25, -0.2) is 0 Å². The highest BCUT2D eigenvalue weighted by Crippen LogP contribution is 2.52. The molecule has 1 aromatic rings. The summed E-state index contributed by atoms with van der Waals surface area (Å²) in [5.41, 5.74) is 9.67. The molecule has 13 heavy (non-hydrogen) atoms. The summed E-state index contributed by atoms with van der Waals surface area (Å²) >= 11 is 0. The van der Waals surface area contributed by atoms with Gasteiger partial charge in [-0.2, -0.15) is 0 Å². The Morgan fingerprint density at radius 1 is 1.23 bits per heavy atom. The van der Waals surface area contributed by atoms with Crippen LogP contribution in [0.3, 0.4) is 0 Å². The van der Waals surface area contributed by atoms with Crippen molar-refractivity contribution < 1.29 is 0 Å². The lowest BCUT2D eigenvalue weighted by Gasteiger charge is -2.13. The van der Waals surface area contributed by atoms with Crippen molar-refractivity contribution >= 4 is 5.69 Å². The molecule has 68 valence electrons. The second kappa shape index (κ2) is 2.26. The van der Waals surface area contributed by atoms with Crippen LogP contribution in [0.2, 0.25) is 0 Å². The summed E-state index contributed by atoms with van der Waals surface area (Å²) in [4.78, 5) is 2.48. The Labute approximate surface area is 78.3 Å². The van der Waals surface area contributed by atoms with Crippen LogP contribution in [0.1, 0.15) is 36.1 Å². The van der Waals surface area contributed by atoms with Crippen molar-refractivity contribution in [1.29, 1.82) is 0 Å². The SMILES string of the molecule is CN1C2CCC1c1cc(N)ccc12. The van der Waals surface area contributed by atoms with Crippen LogP contribution in [0, 0.1) is 0 Å². The Morgan fingerprint density at radius 3 is 2.69 bits per heavy atom. The predicted molar refractivity (Wildman–Crippen MR) is 53.3 cm³/mol. The zero-order valence-corrected chi connectivity index (χ0v) is 7.83. The minimum absolute atomic E-state index is 0.642. The third-order valence-electron chi connectivity index (χ3n) is 3.53. The quantitative estimate of drug-likeness (QED) is 0.610. The average Bonchev–Trinajstić information content (AvgIpc) is 2.59. The molecule has 3 rings (SSSR count). The molecule has 1 saturated heterocycles. The number of nitrogen functional groups attached to an aromatic ring is 1. The van der Waals surface area contributed by atoms with Crippen LogP contribution in [-0.2, 0) is 0 Å². The minimum Gasteiger partial charge on any atom is -0.399 e. The third kappa shape index (κ3) is 0.814. The summed E-state index contributed by atoms with van der Waals surface area (Å²) in [6, 6.07) is 7.68. The van der Waals surface area contributed by atoms with Crippen molar-refractivity contribution in [3.05, 3.63) is 29.3 Å². The molecule has 0 aliphatic carbocycles. The Morgan fingerprint density at radius 2 is 1.92 bits per heavy atom. The summed E-state index contributed by atoms with van der Waals surface area (Å²) in [5, 5.41) is 0. The largest absolute Gasteiger partial charge is 0.399 e. The molecule has 0 amide bonds. The first-order chi connectivity index (χ1) is 6.27. The third-order valence-corrected chi connectivity index (χ3v) is 3.53. The maximum absolute atomic E-state index is 5.79. The van der Waals surface area contributed by atoms with E-state index in [0.29, 0.717) is 12.1 Å². The van der Waals surface area contributed by atoms with Gasteiger partial charge in [0, 0.05) is 17.8 Å². The maximum Gasteiger partial charge on any atom is 0.0356 e. The van der Waals surface area contributed by atoms with Gasteiger partial charge in [0.2, 0.25) is 0 Å². The molecule has 2 nitrogen and oxygen atoms in total. The van der Waals surface area contributed by atoms with Crippen molar-refractivity contribution in [3.8, 4) is 0 Å². The van der Waals surface area contributed by atoms with Gasteiger partial charge in [-0.15, -0.1) is 0 Å². The number of hydrogen-bond donors (Lipinski definition) is 1. The summed E-state index contributed by atoms with van der Waals surface area (Å²) in [6.07, 6.45) is 2.62. The normalized spacial score (nSPS) is 30.8. The van der Waals surface area contributed by atoms with E-state index in [1.54, 1.807) is 0 Å². The number of benzene rings is 1. The fourth-order valence-corrected chi connectivity index (χ4v) is 2.88. The Kier molecular flexibility index (Phi) is 1.29. The second-order valence-corrected chi connectivity index (χ2v) is 4.16. The highest BCUT2D eigenvalue weighted by atomic mass is 15.2. The van der Waals surface area contributed by atoms with Crippen LogP contribution in [0.4, 0.5) is 5.69 Å². The van der Waals surface area contributed by atoms with E-state index < -0.39 is 0 Å². The second-order valence-electron chi connectivity index (χ2n) is 4.16. The van der Waals surface area contributed by atoms with Crippen LogP contribution >= 0.6 is 0 Å². The van der Waals surface area contributed by atoms with Gasteiger partial charge in [0.05, 0.1) is 0 Å². The molecule has 2 heteroatoms. The van der Waals surface area contributed by atoms with Crippen molar-refractivity contribution in [1.82, 2.24) is 4.90 Å². The van der Waals surface area contributed by atoms with Crippen LogP contribution in [0.25, 0.3) is 0 Å². The van der Waals surface area contributed by atoms with Gasteiger partial charge in [-0.1, -0.05) is 6.07 Å². The monoisotopic (exact) mass is 174 g/mol. The van der Waals surface area contributed by atoms with E-state index in [1.807, 2.05) is 6.07 Å². The van der Waals surface area contributed by atoms with Crippen molar-refractivity contribution in [2.24, 2.45) is 0 Å². The zero-order chi connectivity index (χ0) is 9.00. The molecule has 1 fully saturated rings. The van der Waals surface area contributed by atoms with Crippen molar-refractivity contribution in [3.63, 3.8) is 0 Å². The molecule has 2 atom stereocenters. The topological polar surface area (TPSA) is 29.3 Å². The number of nitrogens with zero attached hydrogens (tertiary/aromatic N) is 1. The molecule has 2 unspecified atom stereocenters. The standard InChI is InChI=1S/C11H14N2/c1-13-10-4-5-11(13)9-6-7(12)2-3-8(9)10/h2-3,6,10-11H,4-5,12H2,1H3. The van der Waals surface area contributed by atoms with Crippen LogP contribution < -0.4 is 5.73 Å². The van der Waals surface area contributed by atoms with E-state index in [1.165, 1.54) is 24.0 Å². The first-order valence-corrected chi connectivity index (χ1v) is 4.88. The maximum atomic E-state index is 5.79. The Bertz CT molecular complexity index is 359. The van der Waals surface area contributed by atoms with Crippen molar-refractivity contribution in [2.75, 3.05) is 12.8 Å². The molecule has 1 aromatic carbocycles. The summed E-state index contributed by atoms with van der Waals surface area (Å²) in [7, 11) is 2.22. The molecule has 2 N–H and O–H groups in total. The molecular formula is C11H14N2. The fourth-order valence-electron chi connectivity index (χ4n) is 2.88. The lowest BCUT2D eigenvalue weighted by molar-refractivity contribution is 0.280. The number of anilines is 1. The molecule has 0 radical (unpaired) electrons. The van der Waals surface area contributed by atoms with Gasteiger partial charge < -0.3 is 5.73 Å². The highest BCUT2D eigenvalue weighted by Gasteiger charge is 2.41. The lowest BCUT2D eigenvalue weighted by atomic mass is 9.91. The van der Waals surface area contributed by atoms with Gasteiger partial charge in [0.25, 0.3) is 0 Å². The summed E-state index contributed by atoms with van der Waals surface area (Å²) in [5.74, 6) is 0.